The number of nitrogen functional groups attached to an aromatic ring is 1. The number of carbonyl (C=O) groups excluding carboxylic acids is 1. The summed E-state index contributed by atoms with van der Waals surface area (Å²) in [6, 6.07) is 7.19. The van der Waals surface area contributed by atoms with Crippen molar-refractivity contribution in [1.82, 2.24) is 0 Å². The van der Waals surface area contributed by atoms with E-state index in [-0.39, 0.29) is 16.3 Å². The molecule has 0 aliphatic heterocycles. The van der Waals surface area contributed by atoms with Crippen LogP contribution in [-0.2, 0) is 4.79 Å². The average molecular weight is 312 g/mol. The largest absolute Gasteiger partial charge is 0.399 e. The Hall–Kier alpha value is -2.15. The second kappa shape index (κ2) is 6.53. The van der Waals surface area contributed by atoms with Crippen LogP contribution in [0.1, 0.15) is 0 Å². The third-order valence-corrected chi connectivity index (χ3v) is 3.57. The van der Waals surface area contributed by atoms with Gasteiger partial charge in [0.15, 0.2) is 11.6 Å². The Labute approximate surface area is 123 Å². The fourth-order valence-electron chi connectivity index (χ4n) is 1.55. The topological polar surface area (TPSA) is 55.1 Å². The van der Waals surface area contributed by atoms with Gasteiger partial charge < -0.3 is 11.1 Å². The number of benzene rings is 2. The first-order valence-corrected chi connectivity index (χ1v) is 6.87. The van der Waals surface area contributed by atoms with Crippen LogP contribution < -0.4 is 11.1 Å². The maximum absolute atomic E-state index is 13.5. The Morgan fingerprint density at radius 2 is 1.81 bits per heavy atom. The molecule has 0 atom stereocenters. The van der Waals surface area contributed by atoms with Crippen LogP contribution in [0.15, 0.2) is 41.3 Å². The van der Waals surface area contributed by atoms with Crippen LogP contribution >= 0.6 is 11.8 Å². The first-order valence-electron chi connectivity index (χ1n) is 5.88. The molecule has 2 rings (SSSR count). The molecule has 21 heavy (non-hydrogen) atoms. The highest BCUT2D eigenvalue weighted by Gasteiger charge is 2.09. The maximum Gasteiger partial charge on any atom is 0.234 e. The Morgan fingerprint density at radius 3 is 2.48 bits per heavy atom. The minimum Gasteiger partial charge on any atom is -0.399 e. The van der Waals surface area contributed by atoms with Crippen molar-refractivity contribution in [3.63, 3.8) is 0 Å². The Balaban J connectivity index is 1.94. The highest BCUT2D eigenvalue weighted by atomic mass is 32.2. The number of anilines is 2. The molecule has 3 nitrogen and oxygen atoms in total. The summed E-state index contributed by atoms with van der Waals surface area (Å²) in [4.78, 5) is 11.9. The molecule has 0 bridgehead atoms. The van der Waals surface area contributed by atoms with Crippen LogP contribution in [0.2, 0.25) is 0 Å². The van der Waals surface area contributed by atoms with Gasteiger partial charge in [-0.05, 0) is 30.3 Å². The molecule has 0 aliphatic rings. The van der Waals surface area contributed by atoms with Crippen LogP contribution in [0, 0.1) is 17.5 Å². The van der Waals surface area contributed by atoms with Crippen molar-refractivity contribution in [3.05, 3.63) is 53.8 Å². The standard InChI is InChI=1S/C14H11F3N2OS/c15-10-3-2-9(6-11(10)16)19-14(20)7-21-13-4-1-8(18)5-12(13)17/h1-6H,7,18H2,(H,19,20). The van der Waals surface area contributed by atoms with E-state index < -0.39 is 23.4 Å². The van der Waals surface area contributed by atoms with Crippen molar-refractivity contribution >= 4 is 29.0 Å². The summed E-state index contributed by atoms with van der Waals surface area (Å²) in [5.74, 6) is -3.08. The summed E-state index contributed by atoms with van der Waals surface area (Å²) in [5, 5.41) is 2.40. The Kier molecular flexibility index (Phi) is 4.74. The van der Waals surface area contributed by atoms with E-state index in [1.807, 2.05) is 0 Å². The number of carbonyl (C=O) groups is 1. The van der Waals surface area contributed by atoms with E-state index >= 15 is 0 Å². The number of halogens is 3. The van der Waals surface area contributed by atoms with Gasteiger partial charge in [-0.15, -0.1) is 11.8 Å². The van der Waals surface area contributed by atoms with E-state index in [2.05, 4.69) is 5.32 Å². The third kappa shape index (κ3) is 4.16. The van der Waals surface area contributed by atoms with Crippen LogP contribution in [0.3, 0.4) is 0 Å². The Bertz CT molecular complexity index is 679. The van der Waals surface area contributed by atoms with Crippen molar-refractivity contribution in [2.75, 3.05) is 16.8 Å². The average Bonchev–Trinajstić information content (AvgIpc) is 2.42. The fourth-order valence-corrected chi connectivity index (χ4v) is 2.27. The molecule has 0 aliphatic carbocycles. The molecule has 1 amide bonds. The molecule has 0 unspecified atom stereocenters. The van der Waals surface area contributed by atoms with Crippen LogP contribution in [0.5, 0.6) is 0 Å². The molecule has 2 aromatic carbocycles. The lowest BCUT2D eigenvalue weighted by Gasteiger charge is -2.06. The van der Waals surface area contributed by atoms with Gasteiger partial charge >= 0.3 is 0 Å². The van der Waals surface area contributed by atoms with Gasteiger partial charge in [-0.25, -0.2) is 13.2 Å². The fraction of sp³-hybridized carbons (Fsp3) is 0.0714. The van der Waals surface area contributed by atoms with Gasteiger partial charge in [-0.1, -0.05) is 0 Å². The molecule has 0 radical (unpaired) electrons. The zero-order chi connectivity index (χ0) is 15.4. The van der Waals surface area contributed by atoms with Crippen LogP contribution in [0.4, 0.5) is 24.5 Å². The highest BCUT2D eigenvalue weighted by Crippen LogP contribution is 2.23. The molecule has 0 heterocycles. The summed E-state index contributed by atoms with van der Waals surface area (Å²) in [5.41, 5.74) is 5.85. The first kappa shape index (κ1) is 15.2. The summed E-state index contributed by atoms with van der Waals surface area (Å²) in [6.45, 7) is 0. The van der Waals surface area contributed by atoms with Gasteiger partial charge in [0.25, 0.3) is 0 Å². The number of nitrogens with two attached hydrogens (primary N) is 1. The lowest BCUT2D eigenvalue weighted by molar-refractivity contribution is -0.113. The molecule has 3 N–H and O–H groups in total. The number of hydrogen-bond donors (Lipinski definition) is 2. The first-order chi connectivity index (χ1) is 9.95. The molecule has 0 aromatic heterocycles. The van der Waals surface area contributed by atoms with E-state index in [1.54, 1.807) is 0 Å². The van der Waals surface area contributed by atoms with Crippen LogP contribution in [0.25, 0.3) is 0 Å². The smallest absolute Gasteiger partial charge is 0.234 e. The Morgan fingerprint density at radius 1 is 1.05 bits per heavy atom. The second-order valence-corrected chi connectivity index (χ2v) is 5.17. The van der Waals surface area contributed by atoms with E-state index in [9.17, 15) is 18.0 Å². The van der Waals surface area contributed by atoms with E-state index in [0.717, 1.165) is 30.0 Å². The molecular weight excluding hydrogens is 301 g/mol. The van der Waals surface area contributed by atoms with Gasteiger partial charge in [-0.2, -0.15) is 0 Å². The van der Waals surface area contributed by atoms with Crippen molar-refractivity contribution in [2.45, 2.75) is 4.90 Å². The molecule has 2 aromatic rings. The minimum absolute atomic E-state index is 0.0696. The van der Waals surface area contributed by atoms with Gasteiger partial charge in [-0.3, -0.25) is 4.79 Å². The summed E-state index contributed by atoms with van der Waals surface area (Å²) in [7, 11) is 0. The quantitative estimate of drug-likeness (QED) is 0.672. The molecule has 0 saturated carbocycles. The zero-order valence-electron chi connectivity index (χ0n) is 10.7. The van der Waals surface area contributed by atoms with Gasteiger partial charge in [0.1, 0.15) is 5.82 Å². The molecule has 0 fully saturated rings. The summed E-state index contributed by atoms with van der Waals surface area (Å²) < 4.78 is 39.2. The molecule has 0 saturated heterocycles. The van der Waals surface area contributed by atoms with Gasteiger partial charge in [0, 0.05) is 22.3 Å². The molecule has 110 valence electrons. The predicted molar refractivity (Wildman–Crippen MR) is 76.5 cm³/mol. The SMILES string of the molecule is Nc1ccc(SCC(=O)Nc2ccc(F)c(F)c2)c(F)c1. The van der Waals surface area contributed by atoms with Crippen molar-refractivity contribution < 1.29 is 18.0 Å². The molecule has 0 spiro atoms. The van der Waals surface area contributed by atoms with E-state index in [1.165, 1.54) is 18.2 Å². The van der Waals surface area contributed by atoms with E-state index in [0.29, 0.717) is 5.69 Å². The number of thioether (sulfide) groups is 1. The van der Waals surface area contributed by atoms with Crippen molar-refractivity contribution in [2.24, 2.45) is 0 Å². The lowest BCUT2D eigenvalue weighted by Crippen LogP contribution is -2.14. The number of nitrogens with one attached hydrogen (secondary N) is 1. The predicted octanol–water partition coefficient (Wildman–Crippen LogP) is 3.42. The van der Waals surface area contributed by atoms with Gasteiger partial charge in [0.2, 0.25) is 5.91 Å². The highest BCUT2D eigenvalue weighted by molar-refractivity contribution is 8.00. The maximum atomic E-state index is 13.5. The number of rotatable bonds is 4. The summed E-state index contributed by atoms with van der Waals surface area (Å²) in [6.07, 6.45) is 0. The van der Waals surface area contributed by atoms with Crippen LogP contribution in [-0.4, -0.2) is 11.7 Å². The monoisotopic (exact) mass is 312 g/mol. The van der Waals surface area contributed by atoms with Crippen molar-refractivity contribution in [1.29, 1.82) is 0 Å². The normalized spacial score (nSPS) is 10.4. The lowest BCUT2D eigenvalue weighted by atomic mass is 10.3. The number of amides is 1. The summed E-state index contributed by atoms with van der Waals surface area (Å²) >= 11 is 0.980. The number of hydrogen-bond acceptors (Lipinski definition) is 3. The zero-order valence-corrected chi connectivity index (χ0v) is 11.5. The second-order valence-electron chi connectivity index (χ2n) is 4.16. The minimum atomic E-state index is -1.05. The molecular formula is C14H11F3N2OS. The van der Waals surface area contributed by atoms with Gasteiger partial charge in [0.05, 0.1) is 5.75 Å². The van der Waals surface area contributed by atoms with Crippen molar-refractivity contribution in [3.8, 4) is 0 Å². The van der Waals surface area contributed by atoms with E-state index in [4.69, 9.17) is 5.73 Å². The third-order valence-electron chi connectivity index (χ3n) is 2.52. The molecule has 7 heteroatoms.